The van der Waals surface area contributed by atoms with Gasteiger partial charge in [0, 0.05) is 11.6 Å². The molecule has 106 valence electrons. The molecule has 3 rings (SSSR count). The average molecular weight is 301 g/mol. The Bertz CT molecular complexity index is 785. The molecule has 0 aliphatic heterocycles. The standard InChI is InChI=1S/C15H13ClN4O/c1-9(11-4-2-3-7-17-11)15(21)19-13-6-5-12-10(14(13)16)8-18-20-12/h2-9H,1H3,(H,18,20)(H,19,21). The lowest BCUT2D eigenvalue weighted by Crippen LogP contribution is -2.19. The predicted octanol–water partition coefficient (Wildman–Crippen LogP) is 3.35. The molecule has 0 saturated carbocycles. The highest BCUT2D eigenvalue weighted by Gasteiger charge is 2.18. The molecule has 6 heteroatoms. The molecular formula is C15H13ClN4O. The summed E-state index contributed by atoms with van der Waals surface area (Å²) in [6.45, 7) is 1.81. The van der Waals surface area contributed by atoms with E-state index < -0.39 is 0 Å². The van der Waals surface area contributed by atoms with Gasteiger partial charge in [-0.15, -0.1) is 0 Å². The molecule has 2 N–H and O–H groups in total. The fourth-order valence-electron chi connectivity index (χ4n) is 2.09. The molecule has 3 aromatic rings. The van der Waals surface area contributed by atoms with Crippen molar-refractivity contribution in [1.82, 2.24) is 15.2 Å². The van der Waals surface area contributed by atoms with E-state index in [1.165, 1.54) is 0 Å². The number of nitrogens with zero attached hydrogens (tertiary/aromatic N) is 2. The molecule has 0 spiro atoms. The average Bonchev–Trinajstić information content (AvgIpc) is 2.99. The highest BCUT2D eigenvalue weighted by molar-refractivity contribution is 6.38. The van der Waals surface area contributed by atoms with Crippen LogP contribution in [0.3, 0.4) is 0 Å². The van der Waals surface area contributed by atoms with Gasteiger partial charge in [0.25, 0.3) is 0 Å². The highest BCUT2D eigenvalue weighted by Crippen LogP contribution is 2.30. The van der Waals surface area contributed by atoms with E-state index in [2.05, 4.69) is 20.5 Å². The number of amides is 1. The van der Waals surface area contributed by atoms with Crippen molar-refractivity contribution in [3.05, 3.63) is 53.4 Å². The number of nitrogens with one attached hydrogen (secondary N) is 2. The van der Waals surface area contributed by atoms with E-state index in [0.29, 0.717) is 10.7 Å². The van der Waals surface area contributed by atoms with Crippen LogP contribution in [-0.2, 0) is 4.79 Å². The van der Waals surface area contributed by atoms with Crippen LogP contribution in [0, 0.1) is 0 Å². The quantitative estimate of drug-likeness (QED) is 0.779. The first-order valence-corrected chi connectivity index (χ1v) is 6.88. The summed E-state index contributed by atoms with van der Waals surface area (Å²) < 4.78 is 0. The molecule has 2 heterocycles. The van der Waals surface area contributed by atoms with Gasteiger partial charge in [0.2, 0.25) is 5.91 Å². The van der Waals surface area contributed by atoms with Crippen molar-refractivity contribution in [2.24, 2.45) is 0 Å². The third-order valence-corrected chi connectivity index (χ3v) is 3.75. The number of hydrogen-bond acceptors (Lipinski definition) is 3. The highest BCUT2D eigenvalue weighted by atomic mass is 35.5. The zero-order chi connectivity index (χ0) is 14.8. The van der Waals surface area contributed by atoms with Crippen molar-refractivity contribution >= 4 is 34.1 Å². The van der Waals surface area contributed by atoms with Gasteiger partial charge in [-0.25, -0.2) is 0 Å². The van der Waals surface area contributed by atoms with Gasteiger partial charge in [-0.2, -0.15) is 5.10 Å². The third-order valence-electron chi connectivity index (χ3n) is 3.34. The first-order chi connectivity index (χ1) is 10.2. The van der Waals surface area contributed by atoms with Crippen LogP contribution in [0.4, 0.5) is 5.69 Å². The minimum atomic E-state index is -0.359. The maximum atomic E-state index is 12.3. The van der Waals surface area contributed by atoms with Gasteiger partial charge < -0.3 is 5.32 Å². The number of H-pyrrole nitrogens is 1. The van der Waals surface area contributed by atoms with Gasteiger partial charge in [0.15, 0.2) is 0 Å². The van der Waals surface area contributed by atoms with Crippen LogP contribution in [0.25, 0.3) is 10.9 Å². The second-order valence-corrected chi connectivity index (χ2v) is 5.10. The molecule has 5 nitrogen and oxygen atoms in total. The van der Waals surface area contributed by atoms with E-state index in [4.69, 9.17) is 11.6 Å². The molecule has 1 unspecified atom stereocenters. The van der Waals surface area contributed by atoms with Gasteiger partial charge in [0.1, 0.15) is 0 Å². The summed E-state index contributed by atoms with van der Waals surface area (Å²) >= 11 is 6.29. The lowest BCUT2D eigenvalue weighted by Gasteiger charge is -2.13. The molecule has 0 aliphatic rings. The zero-order valence-electron chi connectivity index (χ0n) is 11.3. The summed E-state index contributed by atoms with van der Waals surface area (Å²) in [4.78, 5) is 16.5. The number of rotatable bonds is 3. The second kappa shape index (κ2) is 5.54. The van der Waals surface area contributed by atoms with Crippen molar-refractivity contribution in [3.8, 4) is 0 Å². The number of aromatic amines is 1. The molecule has 0 aliphatic carbocycles. The maximum absolute atomic E-state index is 12.3. The Morgan fingerprint density at radius 2 is 2.19 bits per heavy atom. The lowest BCUT2D eigenvalue weighted by molar-refractivity contribution is -0.117. The van der Waals surface area contributed by atoms with Crippen molar-refractivity contribution in [2.45, 2.75) is 12.8 Å². The number of carbonyl (C=O) groups is 1. The summed E-state index contributed by atoms with van der Waals surface area (Å²) in [5.41, 5.74) is 2.12. The molecule has 0 bridgehead atoms. The number of fused-ring (bicyclic) bond motifs is 1. The Morgan fingerprint density at radius 3 is 2.95 bits per heavy atom. The normalized spacial score (nSPS) is 12.3. The zero-order valence-corrected chi connectivity index (χ0v) is 12.1. The van der Waals surface area contributed by atoms with Crippen LogP contribution >= 0.6 is 11.6 Å². The summed E-state index contributed by atoms with van der Waals surface area (Å²) in [7, 11) is 0. The number of pyridine rings is 1. The molecule has 2 aromatic heterocycles. The topological polar surface area (TPSA) is 70.7 Å². The number of carbonyl (C=O) groups excluding carboxylic acids is 1. The minimum absolute atomic E-state index is 0.154. The van der Waals surface area contributed by atoms with Crippen LogP contribution in [0.2, 0.25) is 5.02 Å². The van der Waals surface area contributed by atoms with Crippen LogP contribution < -0.4 is 5.32 Å². The molecule has 0 saturated heterocycles. The third kappa shape index (κ3) is 2.60. The first-order valence-electron chi connectivity index (χ1n) is 6.50. The fraction of sp³-hybridized carbons (Fsp3) is 0.133. The van der Waals surface area contributed by atoms with Crippen molar-refractivity contribution in [1.29, 1.82) is 0 Å². The molecular weight excluding hydrogens is 288 g/mol. The molecule has 1 atom stereocenters. The predicted molar refractivity (Wildman–Crippen MR) is 82.4 cm³/mol. The van der Waals surface area contributed by atoms with Crippen LogP contribution in [-0.4, -0.2) is 21.1 Å². The van der Waals surface area contributed by atoms with E-state index in [-0.39, 0.29) is 11.8 Å². The summed E-state index contributed by atoms with van der Waals surface area (Å²) in [6, 6.07) is 9.08. The Hall–Kier alpha value is -2.40. The van der Waals surface area contributed by atoms with E-state index in [1.54, 1.807) is 18.5 Å². The molecule has 0 radical (unpaired) electrons. The molecule has 21 heavy (non-hydrogen) atoms. The van der Waals surface area contributed by atoms with Crippen LogP contribution in [0.15, 0.2) is 42.7 Å². The van der Waals surface area contributed by atoms with Crippen molar-refractivity contribution in [2.75, 3.05) is 5.32 Å². The lowest BCUT2D eigenvalue weighted by atomic mass is 10.1. The van der Waals surface area contributed by atoms with Gasteiger partial charge in [-0.3, -0.25) is 14.9 Å². The van der Waals surface area contributed by atoms with E-state index in [1.807, 2.05) is 31.2 Å². The Labute approximate surface area is 126 Å². The Kier molecular flexibility index (Phi) is 3.58. The number of aromatic nitrogens is 3. The number of benzene rings is 1. The second-order valence-electron chi connectivity index (χ2n) is 4.72. The van der Waals surface area contributed by atoms with Crippen molar-refractivity contribution in [3.63, 3.8) is 0 Å². The summed E-state index contributed by atoms with van der Waals surface area (Å²) in [5, 5.41) is 10.9. The van der Waals surface area contributed by atoms with E-state index >= 15 is 0 Å². The SMILES string of the molecule is CC(C(=O)Nc1ccc2[nH]ncc2c1Cl)c1ccccn1. The molecule has 0 fully saturated rings. The van der Waals surface area contributed by atoms with Gasteiger partial charge in [-0.1, -0.05) is 17.7 Å². The van der Waals surface area contributed by atoms with E-state index in [9.17, 15) is 4.79 Å². The summed E-state index contributed by atoms with van der Waals surface area (Å²) in [5.74, 6) is -0.513. The van der Waals surface area contributed by atoms with Crippen LogP contribution in [0.1, 0.15) is 18.5 Å². The first kappa shape index (κ1) is 13.6. The molecule has 1 amide bonds. The van der Waals surface area contributed by atoms with Gasteiger partial charge >= 0.3 is 0 Å². The van der Waals surface area contributed by atoms with E-state index in [0.717, 1.165) is 16.6 Å². The Morgan fingerprint density at radius 1 is 1.33 bits per heavy atom. The Balaban J connectivity index is 1.84. The fourth-order valence-corrected chi connectivity index (χ4v) is 2.35. The monoisotopic (exact) mass is 300 g/mol. The number of halogens is 1. The summed E-state index contributed by atoms with van der Waals surface area (Å²) in [6.07, 6.45) is 3.30. The maximum Gasteiger partial charge on any atom is 0.233 e. The molecule has 1 aromatic carbocycles. The van der Waals surface area contributed by atoms with Crippen molar-refractivity contribution < 1.29 is 4.79 Å². The van der Waals surface area contributed by atoms with Crippen LogP contribution in [0.5, 0.6) is 0 Å². The van der Waals surface area contributed by atoms with Gasteiger partial charge in [0.05, 0.1) is 34.0 Å². The smallest absolute Gasteiger partial charge is 0.233 e. The number of hydrogen-bond donors (Lipinski definition) is 2. The minimum Gasteiger partial charge on any atom is -0.324 e. The van der Waals surface area contributed by atoms with Gasteiger partial charge in [-0.05, 0) is 31.2 Å². The number of anilines is 1. The largest absolute Gasteiger partial charge is 0.324 e.